The summed E-state index contributed by atoms with van der Waals surface area (Å²) in [5.74, 6) is -0.878. The van der Waals surface area contributed by atoms with E-state index in [-0.39, 0.29) is 17.9 Å². The van der Waals surface area contributed by atoms with Crippen molar-refractivity contribution in [2.45, 2.75) is 32.9 Å². The number of quaternary nitrogens is 2. The third-order valence-corrected chi connectivity index (χ3v) is 2.83. The van der Waals surface area contributed by atoms with Gasteiger partial charge in [0.1, 0.15) is 5.92 Å². The molecule has 1 rings (SSSR count). The van der Waals surface area contributed by atoms with Crippen LogP contribution in [0.25, 0.3) is 0 Å². The summed E-state index contributed by atoms with van der Waals surface area (Å²) < 4.78 is 4.92. The van der Waals surface area contributed by atoms with E-state index in [0.29, 0.717) is 13.0 Å². The summed E-state index contributed by atoms with van der Waals surface area (Å²) in [6, 6.07) is 0. The molecule has 4 N–H and O–H groups in total. The average Bonchev–Trinajstić information content (AvgIpc) is 2.28. The van der Waals surface area contributed by atoms with Gasteiger partial charge in [0.15, 0.2) is 0 Å². The Labute approximate surface area is 95.9 Å². The Morgan fingerprint density at radius 3 is 2.94 bits per heavy atom. The lowest BCUT2D eigenvalue weighted by Gasteiger charge is -2.23. The van der Waals surface area contributed by atoms with Crippen LogP contribution in [0.3, 0.4) is 0 Å². The van der Waals surface area contributed by atoms with Gasteiger partial charge >= 0.3 is 5.97 Å². The Bertz CT molecular complexity index is 256. The fraction of sp³-hybridized carbons (Fsp3) is 0.818. The zero-order valence-electron chi connectivity index (χ0n) is 10.1. The van der Waals surface area contributed by atoms with Crippen LogP contribution in [0, 0.1) is 5.92 Å². The Morgan fingerprint density at radius 1 is 1.56 bits per heavy atom. The van der Waals surface area contributed by atoms with Crippen LogP contribution in [0.5, 0.6) is 0 Å². The summed E-state index contributed by atoms with van der Waals surface area (Å²) in [7, 11) is 0. The van der Waals surface area contributed by atoms with Crippen LogP contribution in [-0.2, 0) is 14.3 Å². The number of carbonyl (C=O) groups excluding carboxylic acids is 2. The molecular formula is C11H22N2O3+2. The lowest BCUT2D eigenvalue weighted by Crippen LogP contribution is -3.15. The van der Waals surface area contributed by atoms with E-state index >= 15 is 0 Å². The highest BCUT2D eigenvalue weighted by molar-refractivity contribution is 6.00. The van der Waals surface area contributed by atoms with E-state index in [9.17, 15) is 9.59 Å². The smallest absolute Gasteiger partial charge is 0.317 e. The predicted octanol–water partition coefficient (Wildman–Crippen LogP) is -2.00. The Morgan fingerprint density at radius 2 is 2.31 bits per heavy atom. The normalized spacial score (nSPS) is 25.5. The highest BCUT2D eigenvalue weighted by Gasteiger charge is 2.41. The number of nitrogens with two attached hydrogens (primary N) is 2. The van der Waals surface area contributed by atoms with Crippen LogP contribution in [0.4, 0.5) is 0 Å². The van der Waals surface area contributed by atoms with Crippen molar-refractivity contribution in [2.75, 3.05) is 19.7 Å². The third kappa shape index (κ3) is 3.28. The Kier molecular flexibility index (Phi) is 5.42. The highest BCUT2D eigenvalue weighted by Crippen LogP contribution is 2.08. The number of rotatable bonds is 5. The van der Waals surface area contributed by atoms with Crippen LogP contribution in [0.1, 0.15) is 26.7 Å². The minimum absolute atomic E-state index is 0.0122. The van der Waals surface area contributed by atoms with Gasteiger partial charge in [0, 0.05) is 6.42 Å². The largest absolute Gasteiger partial charge is 0.465 e. The number of hydrogen-bond acceptors (Lipinski definition) is 3. The van der Waals surface area contributed by atoms with Crippen LogP contribution >= 0.6 is 0 Å². The molecule has 5 heteroatoms. The van der Waals surface area contributed by atoms with Gasteiger partial charge in [-0.05, 0) is 13.3 Å². The number of esters is 1. The van der Waals surface area contributed by atoms with Crippen LogP contribution < -0.4 is 10.6 Å². The molecule has 16 heavy (non-hydrogen) atoms. The second kappa shape index (κ2) is 6.60. The number of Topliss-reactive ketones (excluding diaryl/α,β-unsaturated/α-hetero) is 1. The molecule has 0 bridgehead atoms. The Hall–Kier alpha value is -0.940. The zero-order chi connectivity index (χ0) is 12.0. The minimum atomic E-state index is -0.539. The lowest BCUT2D eigenvalue weighted by molar-refractivity contribution is -0.889. The van der Waals surface area contributed by atoms with E-state index in [1.807, 2.05) is 10.6 Å². The number of ketones is 1. The Balaban J connectivity index is 2.53. The van der Waals surface area contributed by atoms with Gasteiger partial charge in [-0.15, -0.1) is 0 Å². The first-order valence-corrected chi connectivity index (χ1v) is 6.07. The van der Waals surface area contributed by atoms with E-state index in [4.69, 9.17) is 4.74 Å². The van der Waals surface area contributed by atoms with Gasteiger partial charge < -0.3 is 4.74 Å². The second-order valence-electron chi connectivity index (χ2n) is 4.07. The van der Waals surface area contributed by atoms with Crippen molar-refractivity contribution in [3.05, 3.63) is 0 Å². The summed E-state index contributed by atoms with van der Waals surface area (Å²) in [5.41, 5.74) is 0. The van der Waals surface area contributed by atoms with E-state index in [0.717, 1.165) is 19.5 Å². The van der Waals surface area contributed by atoms with Gasteiger partial charge in [-0.25, -0.2) is 0 Å². The molecule has 0 aromatic heterocycles. The molecule has 0 aromatic carbocycles. The molecule has 92 valence electrons. The van der Waals surface area contributed by atoms with E-state index in [1.165, 1.54) is 0 Å². The molecule has 1 aliphatic rings. The molecule has 1 fully saturated rings. The van der Waals surface area contributed by atoms with E-state index in [2.05, 4.69) is 6.92 Å². The molecule has 0 spiro atoms. The topological polar surface area (TPSA) is 76.6 Å². The van der Waals surface area contributed by atoms with Crippen molar-refractivity contribution in [1.82, 2.24) is 0 Å². The summed E-state index contributed by atoms with van der Waals surface area (Å²) in [5, 5.41) is 4.02. The van der Waals surface area contributed by atoms with Gasteiger partial charge in [-0.3, -0.25) is 20.2 Å². The maximum absolute atomic E-state index is 12.0. The molecule has 1 heterocycles. The maximum atomic E-state index is 12.0. The summed E-state index contributed by atoms with van der Waals surface area (Å²) in [6.07, 6.45) is 1.48. The van der Waals surface area contributed by atoms with Crippen LogP contribution in [-0.4, -0.2) is 37.6 Å². The molecule has 0 aromatic rings. The summed E-state index contributed by atoms with van der Waals surface area (Å²) in [4.78, 5) is 23.5. The number of hydrogen-bond donors (Lipinski definition) is 2. The highest BCUT2D eigenvalue weighted by atomic mass is 16.5. The van der Waals surface area contributed by atoms with Gasteiger partial charge in [0.25, 0.3) is 11.9 Å². The van der Waals surface area contributed by atoms with Crippen molar-refractivity contribution in [2.24, 2.45) is 5.92 Å². The molecule has 2 atom stereocenters. The third-order valence-electron chi connectivity index (χ3n) is 2.83. The second-order valence-corrected chi connectivity index (χ2v) is 4.07. The molecular weight excluding hydrogens is 208 g/mol. The fourth-order valence-corrected chi connectivity index (χ4v) is 1.97. The first-order valence-electron chi connectivity index (χ1n) is 6.07. The fourth-order valence-electron chi connectivity index (χ4n) is 1.97. The minimum Gasteiger partial charge on any atom is -0.465 e. The molecule has 0 saturated carbocycles. The predicted molar refractivity (Wildman–Crippen MR) is 57.4 cm³/mol. The quantitative estimate of drug-likeness (QED) is 0.424. The SMILES string of the molecule is CCC[NH2+][C@H]1[NH2+]CCC(C(=O)OCC)C1=O. The van der Waals surface area contributed by atoms with Gasteiger partial charge in [0.05, 0.1) is 19.7 Å². The van der Waals surface area contributed by atoms with Crippen LogP contribution in [0.2, 0.25) is 0 Å². The average molecular weight is 230 g/mol. The number of piperidine rings is 1. The standard InChI is InChI=1S/C11H20N2O3/c1-3-6-12-10-9(14)8(5-7-13-10)11(15)16-4-2/h8,10,12-13H,3-7H2,1-2H3/p+2/t8?,10-/m0/s1. The van der Waals surface area contributed by atoms with E-state index in [1.54, 1.807) is 6.92 Å². The molecule has 1 unspecified atom stereocenters. The van der Waals surface area contributed by atoms with Crippen molar-refractivity contribution in [3.63, 3.8) is 0 Å². The monoisotopic (exact) mass is 230 g/mol. The van der Waals surface area contributed by atoms with Gasteiger partial charge in [-0.1, -0.05) is 6.92 Å². The maximum Gasteiger partial charge on any atom is 0.317 e. The molecule has 1 saturated heterocycles. The first-order chi connectivity index (χ1) is 7.70. The van der Waals surface area contributed by atoms with Gasteiger partial charge in [0.2, 0.25) is 0 Å². The lowest BCUT2D eigenvalue weighted by atomic mass is 9.94. The van der Waals surface area contributed by atoms with E-state index < -0.39 is 5.92 Å². The molecule has 0 amide bonds. The summed E-state index contributed by atoms with van der Waals surface area (Å²) in [6.45, 7) is 5.92. The van der Waals surface area contributed by atoms with Gasteiger partial charge in [-0.2, -0.15) is 0 Å². The number of carbonyl (C=O) groups is 2. The van der Waals surface area contributed by atoms with Crippen LogP contribution in [0.15, 0.2) is 0 Å². The molecule has 0 aliphatic carbocycles. The number of ether oxygens (including phenoxy) is 1. The summed E-state index contributed by atoms with van der Waals surface area (Å²) >= 11 is 0. The first kappa shape index (κ1) is 13.1. The van der Waals surface area contributed by atoms with Crippen molar-refractivity contribution in [1.29, 1.82) is 0 Å². The van der Waals surface area contributed by atoms with Crippen molar-refractivity contribution < 1.29 is 25.0 Å². The zero-order valence-corrected chi connectivity index (χ0v) is 10.1. The van der Waals surface area contributed by atoms with Crippen molar-refractivity contribution in [3.8, 4) is 0 Å². The molecule has 0 radical (unpaired) electrons. The molecule has 5 nitrogen and oxygen atoms in total. The van der Waals surface area contributed by atoms with Crippen molar-refractivity contribution >= 4 is 11.8 Å². The molecule has 1 aliphatic heterocycles.